The average molecular weight is 194 g/mol. The van der Waals surface area contributed by atoms with E-state index in [2.05, 4.69) is 5.32 Å². The fourth-order valence-electron chi connectivity index (χ4n) is 0.657. The Labute approximate surface area is 74.6 Å². The molecule has 74 valence electrons. The largest absolute Gasteiger partial charge is 0.311 e. The van der Waals surface area contributed by atoms with Gasteiger partial charge in [0.25, 0.3) is 0 Å². The van der Waals surface area contributed by atoms with E-state index in [1.54, 1.807) is 0 Å². The Bertz CT molecular complexity index is 222. The highest BCUT2D eigenvalue weighted by molar-refractivity contribution is 7.89. The van der Waals surface area contributed by atoms with Gasteiger partial charge < -0.3 is 5.32 Å². The van der Waals surface area contributed by atoms with Crippen LogP contribution >= 0.6 is 0 Å². The van der Waals surface area contributed by atoms with Crippen LogP contribution in [0.25, 0.3) is 0 Å². The highest BCUT2D eigenvalue weighted by Gasteiger charge is 2.14. The molecular formula is C7H18N2O2S. The molecule has 0 rings (SSSR count). The lowest BCUT2D eigenvalue weighted by molar-refractivity contribution is 0.387. The molecule has 12 heavy (non-hydrogen) atoms. The van der Waals surface area contributed by atoms with Crippen LogP contribution in [0.1, 0.15) is 27.2 Å². The normalized spacial score (nSPS) is 13.3. The zero-order valence-electron chi connectivity index (χ0n) is 7.92. The Morgan fingerprint density at radius 1 is 1.42 bits per heavy atom. The maximum atomic E-state index is 10.5. The SMILES string of the molecule is CCC(C)(C)NCCS(N)(=O)=O. The van der Waals surface area contributed by atoms with Gasteiger partial charge in [0.15, 0.2) is 0 Å². The summed E-state index contributed by atoms with van der Waals surface area (Å²) in [6, 6.07) is 0. The minimum absolute atomic E-state index is 0.00354. The first kappa shape index (κ1) is 11.9. The Morgan fingerprint density at radius 3 is 2.25 bits per heavy atom. The second kappa shape index (κ2) is 4.20. The van der Waals surface area contributed by atoms with E-state index in [1.807, 2.05) is 20.8 Å². The van der Waals surface area contributed by atoms with Crippen LogP contribution in [0.5, 0.6) is 0 Å². The van der Waals surface area contributed by atoms with Gasteiger partial charge in [-0.05, 0) is 20.3 Å². The summed E-state index contributed by atoms with van der Waals surface area (Å²) in [4.78, 5) is 0. The van der Waals surface area contributed by atoms with E-state index < -0.39 is 10.0 Å². The molecule has 0 atom stereocenters. The average Bonchev–Trinajstić information content (AvgIpc) is 1.84. The lowest BCUT2D eigenvalue weighted by Gasteiger charge is -2.24. The van der Waals surface area contributed by atoms with E-state index in [-0.39, 0.29) is 11.3 Å². The summed E-state index contributed by atoms with van der Waals surface area (Å²) in [6.07, 6.45) is 0.956. The zero-order chi connectivity index (χ0) is 9.83. The van der Waals surface area contributed by atoms with Crippen LogP contribution in [-0.4, -0.2) is 26.3 Å². The van der Waals surface area contributed by atoms with Gasteiger partial charge in [0, 0.05) is 12.1 Å². The van der Waals surface area contributed by atoms with Gasteiger partial charge in [0.05, 0.1) is 5.75 Å². The predicted octanol–water partition coefficient (Wildman–Crippen LogP) is 0.0531. The second-order valence-corrected chi connectivity index (χ2v) is 5.27. The molecule has 5 heteroatoms. The first-order valence-corrected chi connectivity index (χ1v) is 5.74. The van der Waals surface area contributed by atoms with Crippen LogP contribution in [0.2, 0.25) is 0 Å². The van der Waals surface area contributed by atoms with Crippen molar-refractivity contribution in [2.45, 2.75) is 32.7 Å². The van der Waals surface area contributed by atoms with Crippen molar-refractivity contribution in [3.05, 3.63) is 0 Å². The van der Waals surface area contributed by atoms with Gasteiger partial charge in [-0.15, -0.1) is 0 Å². The minimum atomic E-state index is -3.32. The highest BCUT2D eigenvalue weighted by atomic mass is 32.2. The van der Waals surface area contributed by atoms with Gasteiger partial charge >= 0.3 is 0 Å². The fourth-order valence-corrected chi connectivity index (χ4v) is 1.04. The molecule has 0 aliphatic carbocycles. The van der Waals surface area contributed by atoms with Crippen LogP contribution in [0.15, 0.2) is 0 Å². The molecule has 0 radical (unpaired) electrons. The number of nitrogens with two attached hydrogens (primary N) is 1. The van der Waals surface area contributed by atoms with Crippen LogP contribution in [0, 0.1) is 0 Å². The maximum Gasteiger partial charge on any atom is 0.210 e. The summed E-state index contributed by atoms with van der Waals surface area (Å²) < 4.78 is 21.1. The lowest BCUT2D eigenvalue weighted by Crippen LogP contribution is -2.41. The molecule has 0 saturated heterocycles. The Balaban J connectivity index is 3.72. The third kappa shape index (κ3) is 6.57. The summed E-state index contributed by atoms with van der Waals surface area (Å²) in [5.74, 6) is -0.00354. The Hall–Kier alpha value is -0.130. The van der Waals surface area contributed by atoms with Gasteiger partial charge in [0.1, 0.15) is 0 Å². The lowest BCUT2D eigenvalue weighted by atomic mass is 10.0. The third-order valence-electron chi connectivity index (χ3n) is 1.87. The standard InChI is InChI=1S/C7H18N2O2S/c1-4-7(2,3)9-5-6-12(8,10)11/h9H,4-6H2,1-3H3,(H2,8,10,11). The summed E-state index contributed by atoms with van der Waals surface area (Å²) in [7, 11) is -3.32. The van der Waals surface area contributed by atoms with Crippen molar-refractivity contribution in [3.8, 4) is 0 Å². The number of rotatable bonds is 5. The topological polar surface area (TPSA) is 72.2 Å². The molecule has 0 aromatic carbocycles. The van der Waals surface area contributed by atoms with Gasteiger partial charge in [-0.25, -0.2) is 13.6 Å². The van der Waals surface area contributed by atoms with Crippen molar-refractivity contribution in [3.63, 3.8) is 0 Å². The number of nitrogens with one attached hydrogen (secondary N) is 1. The molecule has 0 fully saturated rings. The van der Waals surface area contributed by atoms with Crippen LogP contribution in [0.4, 0.5) is 0 Å². The maximum absolute atomic E-state index is 10.5. The molecule has 0 aromatic heterocycles. The number of hydrogen-bond donors (Lipinski definition) is 2. The molecule has 0 unspecified atom stereocenters. The Morgan fingerprint density at radius 2 is 1.92 bits per heavy atom. The second-order valence-electron chi connectivity index (χ2n) is 3.53. The van der Waals surface area contributed by atoms with E-state index in [1.165, 1.54) is 0 Å². The minimum Gasteiger partial charge on any atom is -0.311 e. The fraction of sp³-hybridized carbons (Fsp3) is 1.00. The summed E-state index contributed by atoms with van der Waals surface area (Å²) in [5.41, 5.74) is -0.00924. The van der Waals surface area contributed by atoms with Gasteiger partial charge in [-0.1, -0.05) is 6.92 Å². The van der Waals surface area contributed by atoms with Gasteiger partial charge in [-0.3, -0.25) is 0 Å². The first-order chi connectivity index (χ1) is 5.27. The molecule has 0 aliphatic rings. The molecule has 0 spiro atoms. The molecule has 0 heterocycles. The number of hydrogen-bond acceptors (Lipinski definition) is 3. The van der Waals surface area contributed by atoms with E-state index >= 15 is 0 Å². The smallest absolute Gasteiger partial charge is 0.210 e. The van der Waals surface area contributed by atoms with Gasteiger partial charge in [0.2, 0.25) is 10.0 Å². The van der Waals surface area contributed by atoms with Gasteiger partial charge in [-0.2, -0.15) is 0 Å². The number of sulfonamides is 1. The molecule has 0 aliphatic heterocycles. The zero-order valence-corrected chi connectivity index (χ0v) is 8.74. The Kier molecular flexibility index (Phi) is 4.16. The molecule has 0 saturated carbocycles. The summed E-state index contributed by atoms with van der Waals surface area (Å²) in [6.45, 7) is 6.51. The first-order valence-electron chi connectivity index (χ1n) is 4.02. The molecule has 0 aromatic rings. The van der Waals surface area contributed by atoms with E-state index in [9.17, 15) is 8.42 Å². The number of primary sulfonamides is 1. The van der Waals surface area contributed by atoms with Crippen LogP contribution in [-0.2, 0) is 10.0 Å². The highest BCUT2D eigenvalue weighted by Crippen LogP contribution is 2.05. The van der Waals surface area contributed by atoms with Crippen molar-refractivity contribution in [1.82, 2.24) is 5.32 Å². The van der Waals surface area contributed by atoms with Crippen molar-refractivity contribution >= 4 is 10.0 Å². The van der Waals surface area contributed by atoms with Crippen molar-refractivity contribution < 1.29 is 8.42 Å². The monoisotopic (exact) mass is 194 g/mol. The summed E-state index contributed by atoms with van der Waals surface area (Å²) >= 11 is 0. The van der Waals surface area contributed by atoms with Crippen LogP contribution in [0.3, 0.4) is 0 Å². The van der Waals surface area contributed by atoms with Crippen molar-refractivity contribution in [2.24, 2.45) is 5.14 Å². The van der Waals surface area contributed by atoms with Crippen molar-refractivity contribution in [1.29, 1.82) is 0 Å². The predicted molar refractivity (Wildman–Crippen MR) is 50.3 cm³/mol. The molecule has 0 bridgehead atoms. The molecule has 4 nitrogen and oxygen atoms in total. The van der Waals surface area contributed by atoms with E-state index in [4.69, 9.17) is 5.14 Å². The van der Waals surface area contributed by atoms with E-state index in [0.29, 0.717) is 6.54 Å². The molecule has 3 N–H and O–H groups in total. The molecule has 0 amide bonds. The summed E-state index contributed by atoms with van der Waals surface area (Å²) in [5, 5.41) is 7.94. The van der Waals surface area contributed by atoms with Crippen molar-refractivity contribution in [2.75, 3.05) is 12.3 Å². The van der Waals surface area contributed by atoms with Crippen LogP contribution < -0.4 is 10.5 Å². The molecular weight excluding hydrogens is 176 g/mol. The third-order valence-corrected chi connectivity index (χ3v) is 2.65. The quantitative estimate of drug-likeness (QED) is 0.649. The van der Waals surface area contributed by atoms with E-state index in [0.717, 1.165) is 6.42 Å².